The second-order valence-electron chi connectivity index (χ2n) is 4.74. The average Bonchev–Trinajstić information content (AvgIpc) is 2.54. The van der Waals surface area contributed by atoms with Gasteiger partial charge in [-0.25, -0.2) is 0 Å². The van der Waals surface area contributed by atoms with Crippen LogP contribution in [0.5, 0.6) is 11.5 Å². The largest absolute Gasteiger partial charge is 0.485 e. The minimum atomic E-state index is -0.409. The highest BCUT2D eigenvalue weighted by Crippen LogP contribution is 2.30. The third-order valence-electron chi connectivity index (χ3n) is 3.40. The average molecular weight is 293 g/mol. The van der Waals surface area contributed by atoms with Crippen LogP contribution in [0.25, 0.3) is 0 Å². The number of hydrogen-bond acceptors (Lipinski definition) is 5. The van der Waals surface area contributed by atoms with Gasteiger partial charge in [0.05, 0.1) is 0 Å². The van der Waals surface area contributed by atoms with Gasteiger partial charge in [0.1, 0.15) is 13.2 Å². The number of likely N-dealkylation sites (N-methyl/N-ethyl adjacent to an activating group) is 1. The summed E-state index contributed by atoms with van der Waals surface area (Å²) in [6, 6.07) is 7.49. The quantitative estimate of drug-likeness (QED) is 0.357. The van der Waals surface area contributed by atoms with Crippen molar-refractivity contribution in [1.29, 1.82) is 0 Å². The number of ether oxygens (including phenoxy) is 2. The fraction of sp³-hybridized carbons (Fsp3) is 0.533. The topological polar surface area (TPSA) is 69.3 Å². The lowest BCUT2D eigenvalue weighted by molar-refractivity contribution is 0.101. The minimum Gasteiger partial charge on any atom is -0.485 e. The van der Waals surface area contributed by atoms with Crippen LogP contribution < -0.4 is 15.2 Å². The van der Waals surface area contributed by atoms with E-state index in [2.05, 4.69) is 23.9 Å². The summed E-state index contributed by atoms with van der Waals surface area (Å²) in [7, 11) is 0. The summed E-state index contributed by atoms with van der Waals surface area (Å²) < 4.78 is 11.3. The summed E-state index contributed by atoms with van der Waals surface area (Å²) in [6.07, 6.45) is -0.409. The molecule has 1 atom stereocenters. The molecule has 6 heteroatoms. The summed E-state index contributed by atoms with van der Waals surface area (Å²) in [5, 5.41) is 3.92. The summed E-state index contributed by atoms with van der Waals surface area (Å²) in [6.45, 7) is 7.90. The first-order valence-electron chi connectivity index (χ1n) is 7.30. The van der Waals surface area contributed by atoms with Crippen molar-refractivity contribution in [2.75, 3.05) is 32.8 Å². The normalized spacial score (nSPS) is 17.9. The van der Waals surface area contributed by atoms with Gasteiger partial charge in [-0.15, -0.1) is 0 Å². The fourth-order valence-corrected chi connectivity index (χ4v) is 2.05. The van der Waals surface area contributed by atoms with Crippen LogP contribution in [0.1, 0.15) is 13.8 Å². The van der Waals surface area contributed by atoms with Crippen molar-refractivity contribution in [3.05, 3.63) is 24.3 Å². The molecule has 0 aromatic heterocycles. The number of oxime groups is 1. The summed E-state index contributed by atoms with van der Waals surface area (Å²) in [5.74, 6) is 1.70. The Labute approximate surface area is 125 Å². The molecule has 21 heavy (non-hydrogen) atoms. The van der Waals surface area contributed by atoms with E-state index in [1.165, 1.54) is 0 Å². The van der Waals surface area contributed by atoms with E-state index in [1.807, 2.05) is 24.3 Å². The van der Waals surface area contributed by atoms with Gasteiger partial charge in [-0.2, -0.15) is 0 Å². The molecule has 0 radical (unpaired) electrons. The van der Waals surface area contributed by atoms with Gasteiger partial charge in [0, 0.05) is 6.54 Å². The van der Waals surface area contributed by atoms with E-state index in [-0.39, 0.29) is 0 Å². The Morgan fingerprint density at radius 1 is 1.33 bits per heavy atom. The van der Waals surface area contributed by atoms with E-state index in [0.717, 1.165) is 25.4 Å². The molecule has 6 nitrogen and oxygen atoms in total. The molecule has 2 rings (SSSR count). The summed E-state index contributed by atoms with van der Waals surface area (Å²) in [4.78, 5) is 7.51. The van der Waals surface area contributed by atoms with Crippen LogP contribution in [0.4, 0.5) is 0 Å². The number of nitrogens with two attached hydrogens (primary N) is 1. The van der Waals surface area contributed by atoms with E-state index < -0.39 is 6.10 Å². The molecule has 0 saturated heterocycles. The lowest BCUT2D eigenvalue weighted by atomic mass is 10.2. The molecule has 0 fully saturated rings. The first-order valence-corrected chi connectivity index (χ1v) is 7.30. The van der Waals surface area contributed by atoms with Crippen molar-refractivity contribution in [2.24, 2.45) is 10.9 Å². The maximum atomic E-state index is 5.89. The fourth-order valence-electron chi connectivity index (χ4n) is 2.05. The number of amidine groups is 1. The maximum Gasteiger partial charge on any atom is 0.193 e. The van der Waals surface area contributed by atoms with Crippen LogP contribution in [0.2, 0.25) is 0 Å². The third kappa shape index (κ3) is 4.26. The monoisotopic (exact) mass is 293 g/mol. The maximum absolute atomic E-state index is 5.89. The molecule has 1 aromatic rings. The second kappa shape index (κ2) is 7.73. The van der Waals surface area contributed by atoms with Gasteiger partial charge in [-0.3, -0.25) is 0 Å². The first-order chi connectivity index (χ1) is 10.2. The Morgan fingerprint density at radius 3 is 2.76 bits per heavy atom. The number of hydrogen-bond donors (Lipinski definition) is 1. The molecule has 1 aliphatic heterocycles. The molecule has 1 heterocycles. The zero-order valence-electron chi connectivity index (χ0n) is 12.6. The van der Waals surface area contributed by atoms with Crippen molar-refractivity contribution in [3.8, 4) is 11.5 Å². The molecule has 1 aromatic carbocycles. The van der Waals surface area contributed by atoms with Crippen molar-refractivity contribution in [3.63, 3.8) is 0 Å². The number of para-hydroxylation sites is 2. The molecular weight excluding hydrogens is 270 g/mol. The predicted molar refractivity (Wildman–Crippen MR) is 81.7 cm³/mol. The van der Waals surface area contributed by atoms with Crippen LogP contribution in [-0.4, -0.2) is 49.7 Å². The highest BCUT2D eigenvalue weighted by molar-refractivity contribution is 5.85. The smallest absolute Gasteiger partial charge is 0.193 e. The van der Waals surface area contributed by atoms with E-state index >= 15 is 0 Å². The lowest BCUT2D eigenvalue weighted by Gasteiger charge is -2.25. The standard InChI is InChI=1S/C15H23N3O3/c1-3-18(4-2)9-10-20-17-15(16)14-11-19-12-7-5-6-8-13(12)21-14/h5-8,14H,3-4,9-11H2,1-2H3,(H2,16,17). The summed E-state index contributed by atoms with van der Waals surface area (Å²) in [5.41, 5.74) is 5.89. The molecular formula is C15H23N3O3. The Morgan fingerprint density at radius 2 is 2.05 bits per heavy atom. The Hall–Kier alpha value is -1.95. The van der Waals surface area contributed by atoms with E-state index in [1.54, 1.807) is 0 Å². The molecule has 1 unspecified atom stereocenters. The van der Waals surface area contributed by atoms with Gasteiger partial charge in [-0.05, 0) is 25.2 Å². The Bertz CT molecular complexity index is 475. The van der Waals surface area contributed by atoms with Crippen molar-refractivity contribution < 1.29 is 14.3 Å². The van der Waals surface area contributed by atoms with Gasteiger partial charge in [0.15, 0.2) is 23.4 Å². The highest BCUT2D eigenvalue weighted by atomic mass is 16.6. The van der Waals surface area contributed by atoms with E-state index in [9.17, 15) is 0 Å². The lowest BCUT2D eigenvalue weighted by Crippen LogP contribution is -2.41. The molecule has 0 aliphatic carbocycles. The highest BCUT2D eigenvalue weighted by Gasteiger charge is 2.24. The predicted octanol–water partition coefficient (Wildman–Crippen LogP) is 1.46. The molecule has 0 spiro atoms. The van der Waals surface area contributed by atoms with E-state index in [0.29, 0.717) is 24.8 Å². The molecule has 116 valence electrons. The number of nitrogens with zero attached hydrogens (tertiary/aromatic N) is 2. The van der Waals surface area contributed by atoms with Crippen molar-refractivity contribution >= 4 is 5.84 Å². The van der Waals surface area contributed by atoms with Crippen molar-refractivity contribution in [1.82, 2.24) is 4.90 Å². The van der Waals surface area contributed by atoms with Gasteiger partial charge < -0.3 is 24.9 Å². The van der Waals surface area contributed by atoms with Gasteiger partial charge in [0.2, 0.25) is 0 Å². The van der Waals surface area contributed by atoms with Crippen LogP contribution in [0, 0.1) is 0 Å². The number of rotatable bonds is 7. The SMILES string of the molecule is CCN(CC)CCO/N=C(\N)C1COc2ccccc2O1. The Balaban J connectivity index is 1.81. The van der Waals surface area contributed by atoms with Gasteiger partial charge in [0.25, 0.3) is 0 Å². The first kappa shape index (κ1) is 15.4. The molecule has 0 amide bonds. The van der Waals surface area contributed by atoms with Gasteiger partial charge in [-0.1, -0.05) is 31.1 Å². The third-order valence-corrected chi connectivity index (χ3v) is 3.40. The molecule has 0 saturated carbocycles. The van der Waals surface area contributed by atoms with Crippen molar-refractivity contribution in [2.45, 2.75) is 20.0 Å². The zero-order valence-corrected chi connectivity index (χ0v) is 12.6. The summed E-state index contributed by atoms with van der Waals surface area (Å²) >= 11 is 0. The zero-order chi connectivity index (χ0) is 15.1. The van der Waals surface area contributed by atoms with Crippen LogP contribution in [-0.2, 0) is 4.84 Å². The van der Waals surface area contributed by atoms with Crippen LogP contribution in [0.3, 0.4) is 0 Å². The number of fused-ring (bicyclic) bond motifs is 1. The number of benzene rings is 1. The van der Waals surface area contributed by atoms with Crippen LogP contribution >= 0.6 is 0 Å². The van der Waals surface area contributed by atoms with Gasteiger partial charge >= 0.3 is 0 Å². The molecule has 0 bridgehead atoms. The molecule has 1 aliphatic rings. The Kier molecular flexibility index (Phi) is 5.68. The minimum absolute atomic E-state index is 0.295. The molecule has 2 N–H and O–H groups in total. The second-order valence-corrected chi connectivity index (χ2v) is 4.74. The van der Waals surface area contributed by atoms with Crippen LogP contribution in [0.15, 0.2) is 29.4 Å². The van der Waals surface area contributed by atoms with E-state index in [4.69, 9.17) is 20.0 Å².